The first-order valence-corrected chi connectivity index (χ1v) is 28.7. The largest absolute Gasteiger partial charge is 0.394 e. The summed E-state index contributed by atoms with van der Waals surface area (Å²) in [7, 11) is 0. The van der Waals surface area contributed by atoms with Crippen molar-refractivity contribution in [3.63, 3.8) is 0 Å². The Bertz CT molecular complexity index is 1150. The Balaban J connectivity index is 2.26. The van der Waals surface area contributed by atoms with Crippen LogP contribution in [0.15, 0.2) is 36.5 Å². The molecule has 9 nitrogen and oxygen atoms in total. The third kappa shape index (κ3) is 37.9. The van der Waals surface area contributed by atoms with Crippen molar-refractivity contribution < 1.29 is 39.8 Å². The van der Waals surface area contributed by atoms with Crippen LogP contribution >= 0.6 is 0 Å². The molecule has 0 aromatic heterocycles. The van der Waals surface area contributed by atoms with Gasteiger partial charge in [-0.25, -0.2) is 0 Å². The van der Waals surface area contributed by atoms with Crippen LogP contribution in [0.3, 0.4) is 0 Å². The second-order valence-electron chi connectivity index (χ2n) is 20.1. The number of hydrogen-bond donors (Lipinski definition) is 6. The molecule has 1 aliphatic heterocycles. The minimum Gasteiger partial charge on any atom is -0.394 e. The summed E-state index contributed by atoms with van der Waals surface area (Å²) in [5.41, 5.74) is 0. The fourth-order valence-electron chi connectivity index (χ4n) is 9.13. The summed E-state index contributed by atoms with van der Waals surface area (Å²) < 4.78 is 11.3. The highest BCUT2D eigenvalue weighted by Crippen LogP contribution is 2.23. The molecular weight excluding hydrogens is 839 g/mol. The van der Waals surface area contributed by atoms with Gasteiger partial charge < -0.3 is 40.3 Å². The molecular formula is C58H109NO8. The number of carbonyl (C=O) groups excluding carboxylic acids is 1. The third-order valence-corrected chi connectivity index (χ3v) is 13.7. The Morgan fingerprint density at radius 2 is 0.851 bits per heavy atom. The van der Waals surface area contributed by atoms with Crippen LogP contribution in [0.5, 0.6) is 0 Å². The summed E-state index contributed by atoms with van der Waals surface area (Å²) in [6.07, 6.45) is 55.0. The number of hydrogen-bond acceptors (Lipinski definition) is 8. The molecule has 67 heavy (non-hydrogen) atoms. The quantitative estimate of drug-likeness (QED) is 0.0261. The standard InChI is InChI=1S/C58H109NO8/c1-3-5-7-9-11-13-15-17-19-21-23-25-26-28-30-32-34-36-38-40-42-44-46-48-54(62)59-51(50-66-58-57(65)56(64)55(63)53(49-60)67-58)52(61)47-45-43-41-39-37-35-33-31-29-27-24-22-20-18-16-14-12-10-8-6-4-2/h29,31,37,39,45,47,51-53,55-58,60-61,63-65H,3-28,30,32-36,38,40-44,46,48-50H2,1-2H3,(H,59,62)/b31-29+,39-37+,47-45+. The molecule has 7 atom stereocenters. The van der Waals surface area contributed by atoms with Crippen molar-refractivity contribution >= 4 is 5.91 Å². The fraction of sp³-hybridized carbons (Fsp3) is 0.879. The van der Waals surface area contributed by atoms with E-state index in [0.717, 1.165) is 44.9 Å². The maximum Gasteiger partial charge on any atom is 0.220 e. The van der Waals surface area contributed by atoms with Gasteiger partial charge in [0.15, 0.2) is 6.29 Å². The zero-order chi connectivity index (χ0) is 48.7. The number of amides is 1. The molecule has 394 valence electrons. The van der Waals surface area contributed by atoms with Crippen LogP contribution < -0.4 is 5.32 Å². The van der Waals surface area contributed by atoms with Crippen molar-refractivity contribution in [2.75, 3.05) is 13.2 Å². The average molecular weight is 949 g/mol. The first-order valence-electron chi connectivity index (χ1n) is 28.7. The molecule has 1 saturated heterocycles. The lowest BCUT2D eigenvalue weighted by atomic mass is 9.99. The van der Waals surface area contributed by atoms with E-state index in [-0.39, 0.29) is 12.5 Å². The first-order chi connectivity index (χ1) is 32.8. The SMILES string of the molecule is CCCCCCCCCCCCC/C=C/CC/C=C/CC/C=C/C(O)C(COC1OC(CO)C(O)C(O)C1O)NC(=O)CCCCCCCCCCCCCCCCCCCCCCCCC. The van der Waals surface area contributed by atoms with Crippen LogP contribution in [-0.4, -0.2) is 87.5 Å². The summed E-state index contributed by atoms with van der Waals surface area (Å²) in [6, 6.07) is -0.826. The van der Waals surface area contributed by atoms with E-state index in [2.05, 4.69) is 43.5 Å². The van der Waals surface area contributed by atoms with E-state index in [1.807, 2.05) is 6.08 Å². The van der Waals surface area contributed by atoms with Gasteiger partial charge in [-0.2, -0.15) is 0 Å². The number of aliphatic hydroxyl groups is 5. The Morgan fingerprint density at radius 1 is 0.493 bits per heavy atom. The number of ether oxygens (including phenoxy) is 2. The van der Waals surface area contributed by atoms with Crippen LogP contribution in [0.1, 0.15) is 271 Å². The maximum atomic E-state index is 13.0. The van der Waals surface area contributed by atoms with Crippen LogP contribution in [0.2, 0.25) is 0 Å². The van der Waals surface area contributed by atoms with Crippen molar-refractivity contribution in [3.8, 4) is 0 Å². The third-order valence-electron chi connectivity index (χ3n) is 13.7. The highest BCUT2D eigenvalue weighted by molar-refractivity contribution is 5.76. The summed E-state index contributed by atoms with van der Waals surface area (Å²) >= 11 is 0. The molecule has 0 saturated carbocycles. The molecule has 0 aliphatic carbocycles. The van der Waals surface area contributed by atoms with Gasteiger partial charge >= 0.3 is 0 Å². The van der Waals surface area contributed by atoms with Gasteiger partial charge in [-0.1, -0.05) is 256 Å². The summed E-state index contributed by atoms with van der Waals surface area (Å²) in [5, 5.41) is 54.5. The summed E-state index contributed by atoms with van der Waals surface area (Å²) in [5.74, 6) is -0.186. The van der Waals surface area contributed by atoms with Crippen molar-refractivity contribution in [3.05, 3.63) is 36.5 Å². The Morgan fingerprint density at radius 3 is 1.25 bits per heavy atom. The molecule has 0 radical (unpaired) electrons. The number of allylic oxidation sites excluding steroid dienone is 5. The summed E-state index contributed by atoms with van der Waals surface area (Å²) in [4.78, 5) is 13.0. The minimum atomic E-state index is -1.57. The molecule has 1 rings (SSSR count). The van der Waals surface area contributed by atoms with E-state index in [9.17, 15) is 30.3 Å². The number of unbranched alkanes of at least 4 members (excludes halogenated alkanes) is 35. The van der Waals surface area contributed by atoms with Crippen molar-refractivity contribution in [2.24, 2.45) is 0 Å². The van der Waals surface area contributed by atoms with Gasteiger partial charge in [0.05, 0.1) is 25.4 Å². The lowest BCUT2D eigenvalue weighted by molar-refractivity contribution is -0.302. The normalized spacial score (nSPS) is 19.9. The molecule has 7 unspecified atom stereocenters. The van der Waals surface area contributed by atoms with Gasteiger partial charge in [0.1, 0.15) is 24.4 Å². The molecule has 1 aliphatic rings. The van der Waals surface area contributed by atoms with Crippen molar-refractivity contribution in [2.45, 2.75) is 314 Å². The van der Waals surface area contributed by atoms with E-state index in [1.54, 1.807) is 6.08 Å². The number of rotatable bonds is 49. The van der Waals surface area contributed by atoms with Crippen LogP contribution in [0.25, 0.3) is 0 Å². The minimum absolute atomic E-state index is 0.186. The van der Waals surface area contributed by atoms with E-state index >= 15 is 0 Å². The topological polar surface area (TPSA) is 149 Å². The van der Waals surface area contributed by atoms with E-state index < -0.39 is 49.5 Å². The number of aliphatic hydroxyl groups excluding tert-OH is 5. The highest BCUT2D eigenvalue weighted by Gasteiger charge is 2.44. The van der Waals surface area contributed by atoms with Gasteiger partial charge in [0, 0.05) is 6.42 Å². The molecule has 0 bridgehead atoms. The molecule has 1 amide bonds. The van der Waals surface area contributed by atoms with Crippen LogP contribution in [0.4, 0.5) is 0 Å². The van der Waals surface area contributed by atoms with Gasteiger partial charge in [-0.3, -0.25) is 4.79 Å². The highest BCUT2D eigenvalue weighted by atomic mass is 16.7. The van der Waals surface area contributed by atoms with E-state index in [0.29, 0.717) is 6.42 Å². The Kier molecular flexibility index (Phi) is 45.5. The smallest absolute Gasteiger partial charge is 0.220 e. The molecule has 0 aromatic carbocycles. The van der Waals surface area contributed by atoms with Gasteiger partial charge in [0.25, 0.3) is 0 Å². The zero-order valence-corrected chi connectivity index (χ0v) is 43.7. The lowest BCUT2D eigenvalue weighted by Gasteiger charge is -2.40. The monoisotopic (exact) mass is 948 g/mol. The van der Waals surface area contributed by atoms with E-state index in [4.69, 9.17) is 9.47 Å². The predicted molar refractivity (Wildman–Crippen MR) is 281 cm³/mol. The molecule has 0 spiro atoms. The maximum absolute atomic E-state index is 13.0. The predicted octanol–water partition coefficient (Wildman–Crippen LogP) is 14.0. The molecule has 6 N–H and O–H groups in total. The van der Waals surface area contributed by atoms with Crippen LogP contribution in [0, 0.1) is 0 Å². The van der Waals surface area contributed by atoms with Gasteiger partial charge in [0.2, 0.25) is 5.91 Å². The molecule has 9 heteroatoms. The second kappa shape index (κ2) is 48.1. The molecule has 1 heterocycles. The lowest BCUT2D eigenvalue weighted by Crippen LogP contribution is -2.60. The molecule has 0 aromatic rings. The first kappa shape index (κ1) is 63.4. The second-order valence-corrected chi connectivity index (χ2v) is 20.1. The number of nitrogens with one attached hydrogen (secondary N) is 1. The van der Waals surface area contributed by atoms with Gasteiger partial charge in [-0.15, -0.1) is 0 Å². The van der Waals surface area contributed by atoms with E-state index in [1.165, 1.54) is 205 Å². The Hall–Kier alpha value is -1.59. The number of carbonyl (C=O) groups is 1. The van der Waals surface area contributed by atoms with Crippen molar-refractivity contribution in [1.29, 1.82) is 0 Å². The van der Waals surface area contributed by atoms with Crippen molar-refractivity contribution in [1.82, 2.24) is 5.32 Å². The zero-order valence-electron chi connectivity index (χ0n) is 43.7. The molecule has 1 fully saturated rings. The fourth-order valence-corrected chi connectivity index (χ4v) is 9.13. The van der Waals surface area contributed by atoms with Gasteiger partial charge in [-0.05, 0) is 44.9 Å². The summed E-state index contributed by atoms with van der Waals surface area (Å²) in [6.45, 7) is 3.79. The average Bonchev–Trinajstić information content (AvgIpc) is 3.33. The van der Waals surface area contributed by atoms with Crippen LogP contribution in [-0.2, 0) is 14.3 Å². The Labute approximate surface area is 412 Å².